The van der Waals surface area contributed by atoms with E-state index in [0.717, 1.165) is 8.78 Å². The number of halogens is 2. The van der Waals surface area contributed by atoms with Crippen LogP contribution in [0.3, 0.4) is 0 Å². The minimum atomic E-state index is -4.03. The van der Waals surface area contributed by atoms with Gasteiger partial charge in [0.05, 0.1) is 21.3 Å². The molecular formula is C18H20Br2N2O6S3. The minimum Gasteiger partial charge on any atom is -0.229 e. The average molecular weight is 616 g/mol. The molecule has 0 saturated carbocycles. The van der Waals surface area contributed by atoms with Crippen LogP contribution in [0.1, 0.15) is 6.42 Å². The molecule has 1 N–H and O–H groups in total. The van der Waals surface area contributed by atoms with E-state index in [1.165, 1.54) is 24.3 Å². The Balaban J connectivity index is 1.82. The molecule has 0 unspecified atom stereocenters. The standard InChI is InChI=1S/C18H20Br2N2O6S3/c19-14-1-5-17(6-2-14)30(25,26)21-10-11-22(16-9-12-29(23,24)13-16)31(27,28)18-7-3-15(20)4-8-18/h1-8,16,21H,9-13H2/t16-/m0/s1. The fraction of sp³-hybridized carbons (Fsp3) is 0.333. The van der Waals surface area contributed by atoms with Gasteiger partial charge in [-0.3, -0.25) is 0 Å². The maximum Gasteiger partial charge on any atom is 0.243 e. The molecule has 1 saturated heterocycles. The Morgan fingerprint density at radius 1 is 0.903 bits per heavy atom. The third kappa shape index (κ3) is 6.15. The van der Waals surface area contributed by atoms with Crippen LogP contribution in [0.25, 0.3) is 0 Å². The van der Waals surface area contributed by atoms with Gasteiger partial charge in [-0.2, -0.15) is 4.31 Å². The lowest BCUT2D eigenvalue weighted by Gasteiger charge is -2.27. The molecule has 1 aliphatic rings. The molecule has 0 amide bonds. The van der Waals surface area contributed by atoms with E-state index in [9.17, 15) is 25.3 Å². The van der Waals surface area contributed by atoms with Crippen molar-refractivity contribution in [3.63, 3.8) is 0 Å². The van der Waals surface area contributed by atoms with Crippen LogP contribution in [-0.2, 0) is 29.9 Å². The van der Waals surface area contributed by atoms with Gasteiger partial charge in [0.15, 0.2) is 9.84 Å². The van der Waals surface area contributed by atoms with E-state index < -0.39 is 35.9 Å². The Labute approximate surface area is 199 Å². The highest BCUT2D eigenvalue weighted by Gasteiger charge is 2.38. The van der Waals surface area contributed by atoms with Gasteiger partial charge in [0, 0.05) is 28.1 Å². The van der Waals surface area contributed by atoms with Crippen molar-refractivity contribution in [2.45, 2.75) is 22.3 Å². The van der Waals surface area contributed by atoms with Crippen LogP contribution < -0.4 is 4.72 Å². The maximum absolute atomic E-state index is 13.2. The summed E-state index contributed by atoms with van der Waals surface area (Å²) in [6.07, 6.45) is 0.164. The number of nitrogens with zero attached hydrogens (tertiary/aromatic N) is 1. The number of sulfone groups is 1. The number of hydrogen-bond donors (Lipinski definition) is 1. The Hall–Kier alpha value is -0.830. The average Bonchev–Trinajstić information content (AvgIpc) is 3.05. The number of benzene rings is 2. The molecular weight excluding hydrogens is 596 g/mol. The van der Waals surface area contributed by atoms with Gasteiger partial charge in [0.25, 0.3) is 0 Å². The lowest BCUT2D eigenvalue weighted by molar-refractivity contribution is 0.343. The van der Waals surface area contributed by atoms with Gasteiger partial charge in [-0.1, -0.05) is 31.9 Å². The molecule has 2 aromatic carbocycles. The molecule has 0 aliphatic carbocycles. The molecule has 2 aromatic rings. The largest absolute Gasteiger partial charge is 0.243 e. The van der Waals surface area contributed by atoms with Crippen LogP contribution in [0, 0.1) is 0 Å². The summed E-state index contributed by atoms with van der Waals surface area (Å²) in [4.78, 5) is 0.0530. The van der Waals surface area contributed by atoms with E-state index >= 15 is 0 Å². The maximum atomic E-state index is 13.2. The molecule has 0 spiro atoms. The van der Waals surface area contributed by atoms with E-state index in [-0.39, 0.29) is 40.8 Å². The summed E-state index contributed by atoms with van der Waals surface area (Å²) in [5, 5.41) is 0. The molecule has 0 aromatic heterocycles. The lowest BCUT2D eigenvalue weighted by atomic mass is 10.2. The molecule has 3 rings (SSSR count). The van der Waals surface area contributed by atoms with Crippen molar-refractivity contribution < 1.29 is 25.3 Å². The second-order valence-corrected chi connectivity index (χ2v) is 14.7. The second kappa shape index (κ2) is 9.57. The SMILES string of the molecule is O=S1(=O)CC[C@H](N(CCNS(=O)(=O)c2ccc(Br)cc2)S(=O)(=O)c2ccc(Br)cc2)C1. The fourth-order valence-electron chi connectivity index (χ4n) is 3.23. The summed E-state index contributed by atoms with van der Waals surface area (Å²) < 4.78 is 80.3. The predicted molar refractivity (Wildman–Crippen MR) is 124 cm³/mol. The van der Waals surface area contributed by atoms with E-state index in [2.05, 4.69) is 36.6 Å². The smallest absolute Gasteiger partial charge is 0.229 e. The van der Waals surface area contributed by atoms with Crippen LogP contribution in [0.4, 0.5) is 0 Å². The first-order chi connectivity index (χ1) is 14.4. The zero-order valence-corrected chi connectivity index (χ0v) is 21.7. The molecule has 31 heavy (non-hydrogen) atoms. The van der Waals surface area contributed by atoms with E-state index in [1.54, 1.807) is 24.3 Å². The molecule has 170 valence electrons. The van der Waals surface area contributed by atoms with Crippen molar-refractivity contribution in [3.8, 4) is 0 Å². The highest BCUT2D eigenvalue weighted by atomic mass is 79.9. The zero-order chi connectivity index (χ0) is 22.9. The van der Waals surface area contributed by atoms with Gasteiger partial charge in [-0.25, -0.2) is 30.0 Å². The third-order valence-corrected chi connectivity index (χ3v) is 11.0. The van der Waals surface area contributed by atoms with Crippen LogP contribution in [0.5, 0.6) is 0 Å². The zero-order valence-electron chi connectivity index (χ0n) is 16.1. The van der Waals surface area contributed by atoms with Crippen molar-refractivity contribution in [2.75, 3.05) is 24.6 Å². The van der Waals surface area contributed by atoms with Crippen LogP contribution in [-0.4, -0.2) is 60.2 Å². The Bertz CT molecular complexity index is 1250. The third-order valence-electron chi connectivity index (χ3n) is 4.78. The van der Waals surface area contributed by atoms with Crippen molar-refractivity contribution in [3.05, 3.63) is 57.5 Å². The summed E-state index contributed by atoms with van der Waals surface area (Å²) in [6, 6.07) is 11.3. The quantitative estimate of drug-likeness (QED) is 0.487. The molecule has 0 radical (unpaired) electrons. The molecule has 8 nitrogen and oxygen atoms in total. The summed E-state index contributed by atoms with van der Waals surface area (Å²) in [6.45, 7) is -0.404. The number of rotatable bonds is 8. The summed E-state index contributed by atoms with van der Waals surface area (Å²) in [5.74, 6) is -0.392. The first-order valence-corrected chi connectivity index (χ1v) is 15.5. The van der Waals surface area contributed by atoms with Crippen LogP contribution in [0.2, 0.25) is 0 Å². The Kier molecular flexibility index (Phi) is 7.66. The molecule has 1 heterocycles. The first kappa shape index (κ1) is 24.8. The van der Waals surface area contributed by atoms with Gasteiger partial charge in [0.2, 0.25) is 20.0 Å². The predicted octanol–water partition coefficient (Wildman–Crippen LogP) is 2.37. The summed E-state index contributed by atoms with van der Waals surface area (Å²) in [7, 11) is -11.2. The van der Waals surface area contributed by atoms with E-state index in [4.69, 9.17) is 0 Å². The minimum absolute atomic E-state index is 0.00997. The van der Waals surface area contributed by atoms with E-state index in [0.29, 0.717) is 4.47 Å². The molecule has 1 fully saturated rings. The number of nitrogens with one attached hydrogen (secondary N) is 1. The Morgan fingerprint density at radius 2 is 1.42 bits per heavy atom. The van der Waals surface area contributed by atoms with Gasteiger partial charge in [0.1, 0.15) is 0 Å². The van der Waals surface area contributed by atoms with Gasteiger partial charge in [-0.05, 0) is 55.0 Å². The topological polar surface area (TPSA) is 118 Å². The Morgan fingerprint density at radius 3 is 1.90 bits per heavy atom. The normalized spacial score (nSPS) is 19.0. The number of sulfonamides is 2. The second-order valence-electron chi connectivity index (χ2n) is 6.98. The monoisotopic (exact) mass is 614 g/mol. The summed E-state index contributed by atoms with van der Waals surface area (Å²) >= 11 is 6.49. The summed E-state index contributed by atoms with van der Waals surface area (Å²) in [5.41, 5.74) is 0. The molecule has 0 bridgehead atoms. The number of hydrogen-bond acceptors (Lipinski definition) is 6. The van der Waals surface area contributed by atoms with Crippen LogP contribution in [0.15, 0.2) is 67.3 Å². The van der Waals surface area contributed by atoms with Crippen molar-refractivity contribution in [1.82, 2.24) is 9.03 Å². The van der Waals surface area contributed by atoms with Gasteiger partial charge < -0.3 is 0 Å². The van der Waals surface area contributed by atoms with Gasteiger partial charge >= 0.3 is 0 Å². The molecule has 1 atom stereocenters. The van der Waals surface area contributed by atoms with Crippen molar-refractivity contribution in [1.29, 1.82) is 0 Å². The highest BCUT2D eigenvalue weighted by Crippen LogP contribution is 2.26. The van der Waals surface area contributed by atoms with Crippen molar-refractivity contribution in [2.24, 2.45) is 0 Å². The lowest BCUT2D eigenvalue weighted by Crippen LogP contribution is -2.45. The highest BCUT2D eigenvalue weighted by molar-refractivity contribution is 9.10. The molecule has 1 aliphatic heterocycles. The van der Waals surface area contributed by atoms with Crippen molar-refractivity contribution >= 4 is 61.7 Å². The van der Waals surface area contributed by atoms with Gasteiger partial charge in [-0.15, -0.1) is 0 Å². The fourth-order valence-corrected chi connectivity index (χ4v) is 8.26. The first-order valence-electron chi connectivity index (χ1n) is 9.14. The van der Waals surface area contributed by atoms with Crippen LogP contribution >= 0.6 is 31.9 Å². The molecule has 13 heteroatoms. The van der Waals surface area contributed by atoms with E-state index in [1.807, 2.05) is 0 Å².